The van der Waals surface area contributed by atoms with Gasteiger partial charge in [-0.3, -0.25) is 9.48 Å². The van der Waals surface area contributed by atoms with Gasteiger partial charge in [-0.1, -0.05) is 45.7 Å². The fourth-order valence-corrected chi connectivity index (χ4v) is 5.14. The molecule has 2 aromatic carbocycles. The first-order valence-electron chi connectivity index (χ1n) is 10.6. The van der Waals surface area contributed by atoms with Gasteiger partial charge in [0, 0.05) is 16.2 Å². The summed E-state index contributed by atoms with van der Waals surface area (Å²) in [7, 11) is 0. The molecule has 2 heterocycles. The van der Waals surface area contributed by atoms with Crippen LogP contribution >= 0.6 is 38.9 Å². The minimum Gasteiger partial charge on any atom is -0.489 e. The first-order chi connectivity index (χ1) is 16.0. The van der Waals surface area contributed by atoms with Gasteiger partial charge in [0.15, 0.2) is 5.82 Å². The number of aryl methyl sites for hydroxylation is 2. The molecule has 0 unspecified atom stereocenters. The highest BCUT2D eigenvalue weighted by molar-refractivity contribution is 9.10. The standard InChI is InChI=1S/C25H21BrClN3O2S/c26-20-7-4-16(5-8-20)12-30-13-22(27)24(29-30)28-25(31)23-10-17(15-33-23)14-32-21-9-6-18-2-1-3-19(18)11-21/h4-11,13,15H,1-3,12,14H2,(H,28,29,31). The van der Waals surface area contributed by atoms with Crippen molar-refractivity contribution in [2.75, 3.05) is 5.32 Å². The van der Waals surface area contributed by atoms with Crippen LogP contribution in [0, 0.1) is 0 Å². The number of carbonyl (C=O) groups excluding carboxylic acids is 1. The average molecular weight is 543 g/mol. The smallest absolute Gasteiger partial charge is 0.266 e. The Hall–Kier alpha value is -2.61. The van der Waals surface area contributed by atoms with Gasteiger partial charge < -0.3 is 10.1 Å². The van der Waals surface area contributed by atoms with Crippen LogP contribution in [0.15, 0.2) is 64.6 Å². The summed E-state index contributed by atoms with van der Waals surface area (Å²) in [5.74, 6) is 0.985. The van der Waals surface area contributed by atoms with E-state index in [4.69, 9.17) is 16.3 Å². The topological polar surface area (TPSA) is 56.2 Å². The number of carbonyl (C=O) groups is 1. The molecule has 0 spiro atoms. The molecule has 1 amide bonds. The first-order valence-corrected chi connectivity index (χ1v) is 12.7. The van der Waals surface area contributed by atoms with E-state index in [1.165, 1.54) is 28.9 Å². The lowest BCUT2D eigenvalue weighted by molar-refractivity contribution is 0.103. The number of benzene rings is 2. The van der Waals surface area contributed by atoms with Crippen LogP contribution in [-0.4, -0.2) is 15.7 Å². The first kappa shape index (κ1) is 22.2. The highest BCUT2D eigenvalue weighted by atomic mass is 79.9. The Morgan fingerprint density at radius 2 is 1.94 bits per heavy atom. The van der Waals surface area contributed by atoms with Crippen molar-refractivity contribution >= 4 is 50.6 Å². The van der Waals surface area contributed by atoms with E-state index in [1.54, 1.807) is 10.9 Å². The molecule has 0 aliphatic heterocycles. The Bertz CT molecular complexity index is 1300. The molecule has 0 saturated carbocycles. The second-order valence-corrected chi connectivity index (χ2v) is 10.2. The summed E-state index contributed by atoms with van der Waals surface area (Å²) in [6.45, 7) is 0.983. The van der Waals surface area contributed by atoms with Gasteiger partial charge in [0.1, 0.15) is 17.4 Å². The van der Waals surface area contributed by atoms with Crippen molar-refractivity contribution in [3.63, 3.8) is 0 Å². The van der Waals surface area contributed by atoms with Gasteiger partial charge in [-0.05, 0) is 71.7 Å². The molecule has 0 saturated heterocycles. The molecule has 1 aliphatic rings. The number of ether oxygens (including phenoxy) is 1. The van der Waals surface area contributed by atoms with E-state index in [0.717, 1.165) is 34.2 Å². The van der Waals surface area contributed by atoms with Gasteiger partial charge >= 0.3 is 0 Å². The lowest BCUT2D eigenvalue weighted by Crippen LogP contribution is -2.11. The number of anilines is 1. The zero-order valence-corrected chi connectivity index (χ0v) is 20.8. The van der Waals surface area contributed by atoms with Crippen LogP contribution in [0.25, 0.3) is 0 Å². The molecule has 0 atom stereocenters. The van der Waals surface area contributed by atoms with Crippen LogP contribution in [0.3, 0.4) is 0 Å². The largest absolute Gasteiger partial charge is 0.489 e. The highest BCUT2D eigenvalue weighted by Crippen LogP contribution is 2.27. The summed E-state index contributed by atoms with van der Waals surface area (Å²) < 4.78 is 8.68. The van der Waals surface area contributed by atoms with E-state index in [-0.39, 0.29) is 5.91 Å². The van der Waals surface area contributed by atoms with Crippen molar-refractivity contribution in [3.05, 3.63) is 96.7 Å². The number of halogens is 2. The Morgan fingerprint density at radius 3 is 2.79 bits per heavy atom. The fraction of sp³-hybridized carbons (Fsp3) is 0.200. The maximum Gasteiger partial charge on any atom is 0.266 e. The van der Waals surface area contributed by atoms with Gasteiger partial charge in [0.05, 0.1) is 11.4 Å². The Morgan fingerprint density at radius 1 is 1.12 bits per heavy atom. The predicted octanol–water partition coefficient (Wildman–Crippen LogP) is 6.73. The zero-order chi connectivity index (χ0) is 22.8. The van der Waals surface area contributed by atoms with Gasteiger partial charge in [0.25, 0.3) is 5.91 Å². The van der Waals surface area contributed by atoms with E-state index >= 15 is 0 Å². The number of amides is 1. The normalized spacial score (nSPS) is 12.5. The van der Waals surface area contributed by atoms with E-state index in [1.807, 2.05) is 41.8 Å². The maximum absolute atomic E-state index is 12.7. The molecule has 33 heavy (non-hydrogen) atoms. The Kier molecular flexibility index (Phi) is 6.53. The Labute approximate surface area is 209 Å². The predicted molar refractivity (Wildman–Crippen MR) is 136 cm³/mol. The monoisotopic (exact) mass is 541 g/mol. The van der Waals surface area contributed by atoms with Gasteiger partial charge in [-0.2, -0.15) is 5.10 Å². The van der Waals surface area contributed by atoms with Crippen molar-refractivity contribution in [3.8, 4) is 5.75 Å². The van der Waals surface area contributed by atoms with Gasteiger partial charge in [0.2, 0.25) is 0 Å². The van der Waals surface area contributed by atoms with Crippen molar-refractivity contribution in [1.29, 1.82) is 0 Å². The minimum absolute atomic E-state index is 0.237. The number of hydrogen-bond acceptors (Lipinski definition) is 4. The summed E-state index contributed by atoms with van der Waals surface area (Å²) >= 11 is 11.1. The van der Waals surface area contributed by atoms with E-state index in [0.29, 0.717) is 28.9 Å². The van der Waals surface area contributed by atoms with Crippen LogP contribution in [0.1, 0.15) is 38.3 Å². The van der Waals surface area contributed by atoms with Crippen LogP contribution in [0.4, 0.5) is 5.82 Å². The van der Waals surface area contributed by atoms with Gasteiger partial charge in [-0.15, -0.1) is 11.3 Å². The number of thiophene rings is 1. The van der Waals surface area contributed by atoms with Crippen LogP contribution < -0.4 is 10.1 Å². The average Bonchev–Trinajstić information content (AvgIpc) is 3.54. The number of aromatic nitrogens is 2. The van der Waals surface area contributed by atoms with E-state index in [9.17, 15) is 4.79 Å². The summed E-state index contributed by atoms with van der Waals surface area (Å²) in [6, 6.07) is 16.1. The third-order valence-corrected chi connectivity index (χ3v) is 7.34. The molecule has 0 radical (unpaired) electrons. The second-order valence-electron chi connectivity index (χ2n) is 8.00. The highest BCUT2D eigenvalue weighted by Gasteiger charge is 2.15. The summed E-state index contributed by atoms with van der Waals surface area (Å²) in [4.78, 5) is 13.3. The molecule has 0 bridgehead atoms. The SMILES string of the molecule is O=C(Nc1nn(Cc2ccc(Br)cc2)cc1Cl)c1cc(COc2ccc3c(c2)CCC3)cs1. The molecule has 1 N–H and O–H groups in total. The molecule has 1 aliphatic carbocycles. The number of fused-ring (bicyclic) bond motifs is 1. The lowest BCUT2D eigenvalue weighted by Gasteiger charge is -2.07. The third-order valence-electron chi connectivity index (χ3n) is 5.56. The van der Waals surface area contributed by atoms with E-state index in [2.05, 4.69) is 38.5 Å². The van der Waals surface area contributed by atoms with Crippen molar-refractivity contribution in [2.24, 2.45) is 0 Å². The lowest BCUT2D eigenvalue weighted by atomic mass is 10.1. The van der Waals surface area contributed by atoms with Crippen LogP contribution in [-0.2, 0) is 26.0 Å². The number of rotatable bonds is 7. The molecule has 8 heteroatoms. The number of nitrogens with one attached hydrogen (secondary N) is 1. The number of hydrogen-bond donors (Lipinski definition) is 1. The van der Waals surface area contributed by atoms with Crippen LogP contribution in [0.2, 0.25) is 5.02 Å². The van der Waals surface area contributed by atoms with Crippen molar-refractivity contribution < 1.29 is 9.53 Å². The zero-order valence-electron chi connectivity index (χ0n) is 17.7. The maximum atomic E-state index is 12.7. The molecule has 4 aromatic rings. The van der Waals surface area contributed by atoms with Crippen molar-refractivity contribution in [1.82, 2.24) is 9.78 Å². The van der Waals surface area contributed by atoms with Crippen LogP contribution in [0.5, 0.6) is 5.75 Å². The molecule has 168 valence electrons. The number of nitrogens with zero attached hydrogens (tertiary/aromatic N) is 2. The van der Waals surface area contributed by atoms with Crippen molar-refractivity contribution in [2.45, 2.75) is 32.4 Å². The summed E-state index contributed by atoms with van der Waals surface area (Å²) in [5, 5.41) is 9.58. The molecule has 5 rings (SSSR count). The third kappa shape index (κ3) is 5.32. The second kappa shape index (κ2) is 9.71. The molecule has 2 aromatic heterocycles. The minimum atomic E-state index is -0.237. The van der Waals surface area contributed by atoms with E-state index < -0.39 is 0 Å². The molecule has 0 fully saturated rings. The molecule has 5 nitrogen and oxygen atoms in total. The Balaban J connectivity index is 1.19. The fourth-order valence-electron chi connectivity index (χ4n) is 3.88. The quantitative estimate of drug-likeness (QED) is 0.282. The molecular weight excluding hydrogens is 522 g/mol. The summed E-state index contributed by atoms with van der Waals surface area (Å²) in [5.41, 5.74) is 4.85. The summed E-state index contributed by atoms with van der Waals surface area (Å²) in [6.07, 6.45) is 5.21. The molecular formula is C25H21BrClN3O2S. The van der Waals surface area contributed by atoms with Gasteiger partial charge in [-0.25, -0.2) is 0 Å².